The van der Waals surface area contributed by atoms with E-state index in [0.29, 0.717) is 28.5 Å². The van der Waals surface area contributed by atoms with Gasteiger partial charge in [0.2, 0.25) is 0 Å². The summed E-state index contributed by atoms with van der Waals surface area (Å²) in [7, 11) is 1.49. The molecule has 2 aromatic rings. The van der Waals surface area contributed by atoms with Crippen molar-refractivity contribution in [1.29, 1.82) is 0 Å². The Morgan fingerprint density at radius 3 is 2.71 bits per heavy atom. The van der Waals surface area contributed by atoms with Gasteiger partial charge in [-0.15, -0.1) is 0 Å². The molecule has 0 aliphatic carbocycles. The van der Waals surface area contributed by atoms with Crippen LogP contribution in [0.25, 0.3) is 11.1 Å². The molecule has 1 atom stereocenters. The lowest BCUT2D eigenvalue weighted by molar-refractivity contribution is 0.0692. The molecule has 0 saturated heterocycles. The first-order valence-electron chi connectivity index (χ1n) is 9.73. The van der Waals surface area contributed by atoms with Gasteiger partial charge in [0.1, 0.15) is 11.3 Å². The van der Waals surface area contributed by atoms with Crippen LogP contribution in [0.5, 0.6) is 5.75 Å². The topological polar surface area (TPSA) is 72.0 Å². The first-order valence-corrected chi connectivity index (χ1v) is 10.7. The Morgan fingerprint density at radius 2 is 2.11 bits per heavy atom. The average molecular weight is 404 g/mol. The first kappa shape index (κ1) is 22.1. The number of aromatic carboxylic acids is 1. The summed E-state index contributed by atoms with van der Waals surface area (Å²) in [4.78, 5) is 11.9. The second kappa shape index (κ2) is 11.6. The van der Waals surface area contributed by atoms with Gasteiger partial charge in [0.15, 0.2) is 0 Å². The van der Waals surface area contributed by atoms with Crippen molar-refractivity contribution >= 4 is 24.1 Å². The van der Waals surface area contributed by atoms with Crippen molar-refractivity contribution in [3.05, 3.63) is 41.9 Å². The molecule has 1 aromatic carbocycles. The Balaban J connectivity index is 2.17. The molecular weight excluding hydrogens is 374 g/mol. The molecule has 0 fully saturated rings. The molecule has 1 N–H and O–H groups in total. The molecule has 152 valence electrons. The lowest BCUT2D eigenvalue weighted by Crippen LogP contribution is -2.06. The number of carboxylic acids is 1. The molecular formula is C22H29NO4S. The van der Waals surface area contributed by atoms with Gasteiger partial charge in [-0.25, -0.2) is 9.19 Å². The fraction of sp³-hybridized carbons (Fsp3) is 0.455. The molecule has 0 spiro atoms. The summed E-state index contributed by atoms with van der Waals surface area (Å²) < 4.78 is 15.1. The summed E-state index contributed by atoms with van der Waals surface area (Å²) in [6.45, 7) is 4.38. The molecule has 0 bridgehead atoms. The second-order valence-electron chi connectivity index (χ2n) is 6.72. The maximum Gasteiger partial charge on any atom is 0.339 e. The highest BCUT2D eigenvalue weighted by Crippen LogP contribution is 2.36. The van der Waals surface area contributed by atoms with E-state index < -0.39 is 5.97 Å². The predicted molar refractivity (Wildman–Crippen MR) is 115 cm³/mol. The van der Waals surface area contributed by atoms with Crippen molar-refractivity contribution in [2.24, 2.45) is 10.3 Å². The standard InChI is InChI=1S/C22H29NO4S/c1-4-6-8-16(7-5-2)13-23-28-15-18-9-10-19(17-11-12-27-14-17)21(26-3)20(18)22(24)25/h9-14,16H,4-8,15H2,1-3H3,(H,24,25). The molecule has 1 aromatic heterocycles. The second-order valence-corrected chi connectivity index (χ2v) is 7.47. The highest BCUT2D eigenvalue weighted by Gasteiger charge is 2.21. The van der Waals surface area contributed by atoms with Crippen molar-refractivity contribution < 1.29 is 19.1 Å². The van der Waals surface area contributed by atoms with Crippen LogP contribution in [0.2, 0.25) is 0 Å². The summed E-state index contributed by atoms with van der Waals surface area (Å²) in [5, 5.41) is 9.76. The molecule has 0 aliphatic heterocycles. The van der Waals surface area contributed by atoms with E-state index >= 15 is 0 Å². The zero-order chi connectivity index (χ0) is 20.4. The number of ether oxygens (including phenoxy) is 1. The summed E-state index contributed by atoms with van der Waals surface area (Å²) >= 11 is 1.38. The minimum Gasteiger partial charge on any atom is -0.495 e. The zero-order valence-electron chi connectivity index (χ0n) is 16.8. The van der Waals surface area contributed by atoms with Crippen molar-refractivity contribution in [3.63, 3.8) is 0 Å². The highest BCUT2D eigenvalue weighted by molar-refractivity contribution is 7.97. The van der Waals surface area contributed by atoms with Gasteiger partial charge in [0, 0.05) is 23.1 Å². The Bertz CT molecular complexity index is 771. The van der Waals surface area contributed by atoms with E-state index in [1.165, 1.54) is 31.9 Å². The van der Waals surface area contributed by atoms with E-state index in [0.717, 1.165) is 24.8 Å². The SMILES string of the molecule is CCCCC(C=NSCc1ccc(-c2ccoc2)c(OC)c1C(=O)O)CCC. The van der Waals surface area contributed by atoms with Crippen LogP contribution in [0.15, 0.2) is 39.5 Å². The maximum atomic E-state index is 11.9. The summed E-state index contributed by atoms with van der Waals surface area (Å²) in [6.07, 6.45) is 11.0. The first-order chi connectivity index (χ1) is 13.6. The van der Waals surface area contributed by atoms with E-state index in [4.69, 9.17) is 9.15 Å². The number of hydrogen-bond donors (Lipinski definition) is 1. The number of carbonyl (C=O) groups is 1. The van der Waals surface area contributed by atoms with Crippen LogP contribution in [0.1, 0.15) is 61.9 Å². The van der Waals surface area contributed by atoms with E-state index in [1.54, 1.807) is 18.6 Å². The van der Waals surface area contributed by atoms with Gasteiger partial charge in [0.25, 0.3) is 0 Å². The van der Waals surface area contributed by atoms with Gasteiger partial charge < -0.3 is 14.3 Å². The fourth-order valence-electron chi connectivity index (χ4n) is 3.20. The number of hydrogen-bond acceptors (Lipinski definition) is 5. The zero-order valence-corrected chi connectivity index (χ0v) is 17.6. The molecule has 0 saturated carbocycles. The number of benzene rings is 1. The van der Waals surface area contributed by atoms with Crippen molar-refractivity contribution in [3.8, 4) is 16.9 Å². The minimum atomic E-state index is -1.01. The Hall–Kier alpha value is -2.21. The molecule has 1 heterocycles. The van der Waals surface area contributed by atoms with Crippen molar-refractivity contribution in [1.82, 2.24) is 0 Å². The Morgan fingerprint density at radius 1 is 1.29 bits per heavy atom. The third-order valence-electron chi connectivity index (χ3n) is 4.65. The number of nitrogens with zero attached hydrogens (tertiary/aromatic N) is 1. The van der Waals surface area contributed by atoms with Gasteiger partial charge in [0.05, 0.1) is 19.6 Å². The molecule has 2 rings (SSSR count). The van der Waals surface area contributed by atoms with Crippen LogP contribution in [0.3, 0.4) is 0 Å². The van der Waals surface area contributed by atoms with Crippen LogP contribution in [0, 0.1) is 5.92 Å². The summed E-state index contributed by atoms with van der Waals surface area (Å²) in [5.41, 5.74) is 2.36. The van der Waals surface area contributed by atoms with Gasteiger partial charge in [-0.3, -0.25) is 0 Å². The largest absolute Gasteiger partial charge is 0.495 e. The van der Waals surface area contributed by atoms with Gasteiger partial charge >= 0.3 is 5.97 Å². The maximum absolute atomic E-state index is 11.9. The molecule has 0 aliphatic rings. The predicted octanol–water partition coefficient (Wildman–Crippen LogP) is 6.48. The normalized spacial score (nSPS) is 12.4. The number of unbranched alkanes of at least 4 members (excludes halogenated alkanes) is 1. The third-order valence-corrected chi connectivity index (χ3v) is 5.36. The molecule has 6 heteroatoms. The number of furan rings is 1. The third kappa shape index (κ3) is 5.89. The number of methoxy groups -OCH3 is 1. The number of rotatable bonds is 12. The van der Waals surface area contributed by atoms with E-state index in [-0.39, 0.29) is 5.56 Å². The van der Waals surface area contributed by atoms with E-state index in [1.807, 2.05) is 18.3 Å². The minimum absolute atomic E-state index is 0.181. The van der Waals surface area contributed by atoms with Crippen LogP contribution in [0.4, 0.5) is 0 Å². The lowest BCUT2D eigenvalue weighted by Gasteiger charge is -2.14. The monoisotopic (exact) mass is 403 g/mol. The van der Waals surface area contributed by atoms with Gasteiger partial charge in [-0.1, -0.05) is 45.2 Å². The highest BCUT2D eigenvalue weighted by atomic mass is 32.2. The van der Waals surface area contributed by atoms with Crippen molar-refractivity contribution in [2.45, 2.75) is 51.7 Å². The lowest BCUT2D eigenvalue weighted by atomic mass is 9.99. The molecule has 1 unspecified atom stereocenters. The van der Waals surface area contributed by atoms with Crippen molar-refractivity contribution in [2.75, 3.05) is 7.11 Å². The van der Waals surface area contributed by atoms with Crippen LogP contribution < -0.4 is 4.74 Å². The van der Waals surface area contributed by atoms with Gasteiger partial charge in [-0.2, -0.15) is 0 Å². The quantitative estimate of drug-likeness (QED) is 0.324. The summed E-state index contributed by atoms with van der Waals surface area (Å²) in [6, 6.07) is 5.49. The van der Waals surface area contributed by atoms with Crippen LogP contribution >= 0.6 is 11.9 Å². The number of carboxylic acid groups (broad SMARTS) is 1. The fourth-order valence-corrected chi connectivity index (χ4v) is 3.91. The molecule has 0 amide bonds. The smallest absolute Gasteiger partial charge is 0.339 e. The van der Waals surface area contributed by atoms with Crippen LogP contribution in [-0.4, -0.2) is 24.4 Å². The van der Waals surface area contributed by atoms with E-state index in [2.05, 4.69) is 18.2 Å². The Kier molecular flexibility index (Phi) is 9.14. The average Bonchev–Trinajstić information content (AvgIpc) is 3.22. The van der Waals surface area contributed by atoms with E-state index in [9.17, 15) is 9.90 Å². The Labute approximate surface area is 171 Å². The van der Waals surface area contributed by atoms with Crippen LogP contribution in [-0.2, 0) is 5.75 Å². The molecule has 28 heavy (non-hydrogen) atoms. The van der Waals surface area contributed by atoms with Gasteiger partial charge in [-0.05, 0) is 42.3 Å². The molecule has 0 radical (unpaired) electrons. The molecule has 5 nitrogen and oxygen atoms in total. The summed E-state index contributed by atoms with van der Waals surface area (Å²) in [5.74, 6) is 0.318.